The van der Waals surface area contributed by atoms with Crippen LogP contribution in [0, 0.1) is 11.3 Å². The molecule has 2 rings (SSSR count). The number of aromatic nitrogens is 1. The third-order valence-electron chi connectivity index (χ3n) is 2.63. The summed E-state index contributed by atoms with van der Waals surface area (Å²) in [4.78, 5) is 3.99. The van der Waals surface area contributed by atoms with Crippen molar-refractivity contribution in [1.82, 2.24) is 4.98 Å². The number of nitriles is 1. The first kappa shape index (κ1) is 14.0. The van der Waals surface area contributed by atoms with Gasteiger partial charge in [0.2, 0.25) is 0 Å². The van der Waals surface area contributed by atoms with Gasteiger partial charge >= 0.3 is 0 Å². The van der Waals surface area contributed by atoms with Crippen molar-refractivity contribution in [3.63, 3.8) is 0 Å². The Kier molecular flexibility index (Phi) is 4.28. The maximum Gasteiger partial charge on any atom is 0.144 e. The maximum absolute atomic E-state index is 8.72. The first-order valence-corrected chi connectivity index (χ1v) is 6.10. The highest BCUT2D eigenvalue weighted by molar-refractivity contribution is 6.32. The van der Waals surface area contributed by atoms with Crippen LogP contribution in [0.15, 0.2) is 30.5 Å². The Morgan fingerprint density at radius 2 is 1.95 bits per heavy atom. The van der Waals surface area contributed by atoms with Crippen molar-refractivity contribution in [3.8, 4) is 17.6 Å². The zero-order valence-electron chi connectivity index (χ0n) is 11.0. The highest BCUT2D eigenvalue weighted by atomic mass is 35.5. The number of hydrogen-bond acceptors (Lipinski definition) is 5. The average Bonchev–Trinajstić information content (AvgIpc) is 2.49. The molecule has 6 heteroatoms. The monoisotopic (exact) mass is 289 g/mol. The quantitative estimate of drug-likeness (QED) is 0.934. The van der Waals surface area contributed by atoms with Gasteiger partial charge < -0.3 is 14.8 Å². The number of pyridine rings is 1. The van der Waals surface area contributed by atoms with Crippen molar-refractivity contribution in [1.29, 1.82) is 5.26 Å². The van der Waals surface area contributed by atoms with Crippen LogP contribution in [0.2, 0.25) is 5.02 Å². The van der Waals surface area contributed by atoms with Crippen LogP contribution in [0.1, 0.15) is 5.69 Å². The van der Waals surface area contributed by atoms with Crippen LogP contribution in [-0.4, -0.2) is 19.2 Å². The first-order valence-electron chi connectivity index (χ1n) is 5.72. The standard InChI is InChI=1S/C14H12ClN3O2/c1-19-13-6-12(14(20-2)5-11(13)15)18-10-4-3-9(7-16)17-8-10/h3-6,8,18H,1-2H3. The number of rotatable bonds is 4. The molecule has 0 aliphatic carbocycles. The van der Waals surface area contributed by atoms with E-state index in [0.717, 1.165) is 5.69 Å². The number of halogens is 1. The van der Waals surface area contributed by atoms with Crippen molar-refractivity contribution in [2.75, 3.05) is 19.5 Å². The largest absolute Gasteiger partial charge is 0.495 e. The molecule has 0 radical (unpaired) electrons. The minimum atomic E-state index is 0.358. The first-order chi connectivity index (χ1) is 9.67. The summed E-state index contributed by atoms with van der Waals surface area (Å²) >= 11 is 6.04. The van der Waals surface area contributed by atoms with Gasteiger partial charge in [-0.15, -0.1) is 0 Å². The van der Waals surface area contributed by atoms with E-state index in [1.54, 1.807) is 44.7 Å². The van der Waals surface area contributed by atoms with Crippen LogP contribution in [-0.2, 0) is 0 Å². The zero-order chi connectivity index (χ0) is 14.5. The van der Waals surface area contributed by atoms with Crippen molar-refractivity contribution >= 4 is 23.0 Å². The second-order valence-corrected chi connectivity index (χ2v) is 4.26. The van der Waals surface area contributed by atoms with E-state index < -0.39 is 0 Å². The molecule has 0 saturated carbocycles. The van der Waals surface area contributed by atoms with Crippen LogP contribution in [0.5, 0.6) is 11.5 Å². The molecule has 0 unspecified atom stereocenters. The Bertz CT molecular complexity index is 651. The van der Waals surface area contributed by atoms with Crippen LogP contribution < -0.4 is 14.8 Å². The molecule has 1 aromatic heterocycles. The summed E-state index contributed by atoms with van der Waals surface area (Å²) in [7, 11) is 3.10. The Labute approximate surface area is 121 Å². The SMILES string of the molecule is COc1cc(Nc2ccc(C#N)nc2)c(OC)cc1Cl. The molecule has 0 spiro atoms. The van der Waals surface area contributed by atoms with Gasteiger partial charge in [0.1, 0.15) is 23.3 Å². The zero-order valence-corrected chi connectivity index (χ0v) is 11.7. The van der Waals surface area contributed by atoms with E-state index in [1.807, 2.05) is 6.07 Å². The van der Waals surface area contributed by atoms with Gasteiger partial charge in [-0.1, -0.05) is 11.6 Å². The number of benzene rings is 1. The number of ether oxygens (including phenoxy) is 2. The number of anilines is 2. The van der Waals surface area contributed by atoms with Crippen molar-refractivity contribution in [3.05, 3.63) is 41.2 Å². The molecular formula is C14H12ClN3O2. The van der Waals surface area contributed by atoms with E-state index in [0.29, 0.717) is 27.9 Å². The lowest BCUT2D eigenvalue weighted by molar-refractivity contribution is 0.405. The topological polar surface area (TPSA) is 67.2 Å². The van der Waals surface area contributed by atoms with Crippen molar-refractivity contribution < 1.29 is 9.47 Å². The van der Waals surface area contributed by atoms with E-state index in [-0.39, 0.29) is 0 Å². The molecule has 0 atom stereocenters. The molecule has 0 bridgehead atoms. The second kappa shape index (κ2) is 6.13. The molecule has 0 fully saturated rings. The summed E-state index contributed by atoms with van der Waals surface area (Å²) in [6.45, 7) is 0. The van der Waals surface area contributed by atoms with Gasteiger partial charge in [0.15, 0.2) is 0 Å². The molecule has 1 N–H and O–H groups in total. The van der Waals surface area contributed by atoms with E-state index in [9.17, 15) is 0 Å². The van der Waals surface area contributed by atoms with Crippen LogP contribution in [0.4, 0.5) is 11.4 Å². The third-order valence-corrected chi connectivity index (χ3v) is 2.93. The molecule has 1 heterocycles. The fraction of sp³-hybridized carbons (Fsp3) is 0.143. The molecule has 0 aliphatic rings. The Morgan fingerprint density at radius 1 is 1.20 bits per heavy atom. The normalized spacial score (nSPS) is 9.70. The van der Waals surface area contributed by atoms with E-state index in [1.165, 1.54) is 0 Å². The molecule has 102 valence electrons. The number of nitrogens with zero attached hydrogens (tertiary/aromatic N) is 2. The Morgan fingerprint density at radius 3 is 2.50 bits per heavy atom. The number of hydrogen-bond donors (Lipinski definition) is 1. The van der Waals surface area contributed by atoms with Gasteiger partial charge in [-0.3, -0.25) is 0 Å². The van der Waals surface area contributed by atoms with Crippen molar-refractivity contribution in [2.45, 2.75) is 0 Å². The van der Waals surface area contributed by atoms with Gasteiger partial charge in [-0.25, -0.2) is 4.98 Å². The third kappa shape index (κ3) is 2.92. The summed E-state index contributed by atoms with van der Waals surface area (Å²) in [6.07, 6.45) is 1.57. The molecular weight excluding hydrogens is 278 g/mol. The van der Waals surface area contributed by atoms with E-state index in [4.69, 9.17) is 26.3 Å². The molecule has 0 saturated heterocycles. The second-order valence-electron chi connectivity index (χ2n) is 3.86. The fourth-order valence-electron chi connectivity index (χ4n) is 1.65. The predicted octanol–water partition coefficient (Wildman–Crippen LogP) is 3.37. The lowest BCUT2D eigenvalue weighted by Gasteiger charge is -2.13. The van der Waals surface area contributed by atoms with Crippen molar-refractivity contribution in [2.24, 2.45) is 0 Å². The lowest BCUT2D eigenvalue weighted by atomic mass is 10.2. The Balaban J connectivity index is 2.33. The predicted molar refractivity (Wildman–Crippen MR) is 76.8 cm³/mol. The molecule has 0 aliphatic heterocycles. The summed E-state index contributed by atoms with van der Waals surface area (Å²) < 4.78 is 10.4. The molecule has 20 heavy (non-hydrogen) atoms. The minimum absolute atomic E-state index is 0.358. The number of methoxy groups -OCH3 is 2. The summed E-state index contributed by atoms with van der Waals surface area (Å²) in [6, 6.07) is 8.75. The summed E-state index contributed by atoms with van der Waals surface area (Å²) in [5.74, 6) is 1.12. The molecule has 1 aromatic carbocycles. The molecule has 5 nitrogen and oxygen atoms in total. The van der Waals surface area contributed by atoms with Gasteiger partial charge in [0.25, 0.3) is 0 Å². The van der Waals surface area contributed by atoms with Gasteiger partial charge in [0, 0.05) is 12.1 Å². The van der Waals surface area contributed by atoms with E-state index >= 15 is 0 Å². The molecule has 0 amide bonds. The number of nitrogens with one attached hydrogen (secondary N) is 1. The average molecular weight is 290 g/mol. The van der Waals surface area contributed by atoms with Crippen LogP contribution >= 0.6 is 11.6 Å². The molecule has 2 aromatic rings. The maximum atomic E-state index is 8.72. The Hall–Kier alpha value is -2.45. The van der Waals surface area contributed by atoms with Gasteiger partial charge in [-0.2, -0.15) is 5.26 Å². The summed E-state index contributed by atoms with van der Waals surface area (Å²) in [5, 5.41) is 12.3. The lowest BCUT2D eigenvalue weighted by Crippen LogP contribution is -1.97. The van der Waals surface area contributed by atoms with Gasteiger partial charge in [0.05, 0.1) is 36.8 Å². The van der Waals surface area contributed by atoms with E-state index in [2.05, 4.69) is 10.3 Å². The van der Waals surface area contributed by atoms with Crippen LogP contribution in [0.25, 0.3) is 0 Å². The highest BCUT2D eigenvalue weighted by Gasteiger charge is 2.10. The minimum Gasteiger partial charge on any atom is -0.495 e. The van der Waals surface area contributed by atoms with Crippen LogP contribution in [0.3, 0.4) is 0 Å². The summed E-state index contributed by atoms with van der Waals surface area (Å²) in [5.41, 5.74) is 1.78. The fourth-order valence-corrected chi connectivity index (χ4v) is 1.88. The van der Waals surface area contributed by atoms with Gasteiger partial charge in [-0.05, 0) is 12.1 Å². The highest BCUT2D eigenvalue weighted by Crippen LogP contribution is 2.37. The smallest absolute Gasteiger partial charge is 0.144 e.